The second-order valence-electron chi connectivity index (χ2n) is 7.64. The molecule has 1 unspecified atom stereocenters. The van der Waals surface area contributed by atoms with Crippen LogP contribution in [0, 0.1) is 0 Å². The zero-order valence-corrected chi connectivity index (χ0v) is 18.2. The molecule has 0 bridgehead atoms. The van der Waals surface area contributed by atoms with Crippen molar-refractivity contribution in [2.45, 2.75) is 45.4 Å². The summed E-state index contributed by atoms with van der Waals surface area (Å²) in [5, 5.41) is 12.5. The predicted octanol–water partition coefficient (Wildman–Crippen LogP) is 4.45. The van der Waals surface area contributed by atoms with Crippen LogP contribution in [0.25, 0.3) is 0 Å². The van der Waals surface area contributed by atoms with Crippen LogP contribution >= 0.6 is 11.6 Å². The molecule has 0 saturated carbocycles. The lowest BCUT2D eigenvalue weighted by molar-refractivity contribution is -0.139. The van der Waals surface area contributed by atoms with Gasteiger partial charge in [-0.25, -0.2) is 9.59 Å². The Morgan fingerprint density at radius 1 is 1.07 bits per heavy atom. The van der Waals surface area contributed by atoms with Crippen molar-refractivity contribution >= 4 is 23.7 Å². The summed E-state index contributed by atoms with van der Waals surface area (Å²) in [7, 11) is 1.50. The van der Waals surface area contributed by atoms with Gasteiger partial charge in [-0.2, -0.15) is 0 Å². The smallest absolute Gasteiger partial charge is 0.408 e. The topological polar surface area (TPSA) is 94.1 Å². The summed E-state index contributed by atoms with van der Waals surface area (Å²) in [5.41, 5.74) is 0.881. The van der Waals surface area contributed by atoms with E-state index in [4.69, 9.17) is 25.8 Å². The van der Waals surface area contributed by atoms with E-state index in [1.165, 1.54) is 7.11 Å². The van der Waals surface area contributed by atoms with Gasteiger partial charge in [-0.1, -0.05) is 29.8 Å². The molecule has 1 atom stereocenters. The third-order valence-electron chi connectivity index (χ3n) is 3.96. The monoisotopic (exact) mass is 435 g/mol. The van der Waals surface area contributed by atoms with Gasteiger partial charge in [0, 0.05) is 11.4 Å². The average molecular weight is 436 g/mol. The predicted molar refractivity (Wildman–Crippen MR) is 113 cm³/mol. The third-order valence-corrected chi connectivity index (χ3v) is 4.22. The number of aliphatic carboxylic acids is 1. The van der Waals surface area contributed by atoms with Gasteiger partial charge in [0.1, 0.15) is 18.2 Å². The fraction of sp³-hybridized carbons (Fsp3) is 0.364. The number of amides is 1. The van der Waals surface area contributed by atoms with Crippen LogP contribution in [-0.2, 0) is 22.6 Å². The molecule has 2 N–H and O–H groups in total. The van der Waals surface area contributed by atoms with E-state index >= 15 is 0 Å². The number of alkyl carbamates (subject to hydrolysis) is 1. The highest BCUT2D eigenvalue weighted by Crippen LogP contribution is 2.29. The lowest BCUT2D eigenvalue weighted by Crippen LogP contribution is -2.44. The van der Waals surface area contributed by atoms with Crippen molar-refractivity contribution in [2.24, 2.45) is 0 Å². The Labute approximate surface area is 180 Å². The minimum atomic E-state index is -1.16. The van der Waals surface area contributed by atoms with Crippen molar-refractivity contribution in [2.75, 3.05) is 7.11 Å². The number of nitrogens with one attached hydrogen (secondary N) is 1. The van der Waals surface area contributed by atoms with E-state index in [9.17, 15) is 14.7 Å². The molecule has 162 valence electrons. The molecule has 1 amide bonds. The Morgan fingerprint density at radius 2 is 1.70 bits per heavy atom. The molecule has 0 radical (unpaired) electrons. The number of carboxylic acids is 1. The first-order valence-corrected chi connectivity index (χ1v) is 9.71. The number of benzene rings is 2. The fourth-order valence-electron chi connectivity index (χ4n) is 2.59. The maximum absolute atomic E-state index is 11.9. The SMILES string of the molecule is COc1cc(CC(NC(=O)OC(C)(C)C)C(=O)O)ccc1OCc1ccc(Cl)cc1. The van der Waals surface area contributed by atoms with Crippen LogP contribution < -0.4 is 14.8 Å². The molecule has 0 saturated heterocycles. The molecule has 0 aliphatic carbocycles. The number of ether oxygens (including phenoxy) is 3. The van der Waals surface area contributed by atoms with Gasteiger partial charge in [0.25, 0.3) is 0 Å². The molecule has 0 fully saturated rings. The lowest BCUT2D eigenvalue weighted by atomic mass is 10.1. The Bertz CT molecular complexity index is 876. The van der Waals surface area contributed by atoms with Crippen molar-refractivity contribution in [3.05, 3.63) is 58.6 Å². The summed E-state index contributed by atoms with van der Waals surface area (Å²) in [6.45, 7) is 5.44. The minimum Gasteiger partial charge on any atom is -0.493 e. The molecule has 0 aliphatic heterocycles. The maximum Gasteiger partial charge on any atom is 0.408 e. The number of carbonyl (C=O) groups excluding carboxylic acids is 1. The standard InChI is InChI=1S/C22H26ClNO6/c1-22(2,3)30-21(27)24-17(20(25)26)11-15-7-10-18(19(12-15)28-4)29-13-14-5-8-16(23)9-6-14/h5-10,12,17H,11,13H2,1-4H3,(H,24,27)(H,25,26). The zero-order chi connectivity index (χ0) is 22.3. The lowest BCUT2D eigenvalue weighted by Gasteiger charge is -2.22. The van der Waals surface area contributed by atoms with Crippen molar-refractivity contribution < 1.29 is 28.9 Å². The second kappa shape index (κ2) is 10.2. The molecule has 30 heavy (non-hydrogen) atoms. The highest BCUT2D eigenvalue weighted by Gasteiger charge is 2.24. The molecule has 2 rings (SSSR count). The summed E-state index contributed by atoms with van der Waals surface area (Å²) in [5.74, 6) is -0.186. The number of hydrogen-bond donors (Lipinski definition) is 2. The molecular formula is C22H26ClNO6. The largest absolute Gasteiger partial charge is 0.493 e. The van der Waals surface area contributed by atoms with Crippen LogP contribution in [-0.4, -0.2) is 35.9 Å². The number of halogens is 1. The quantitative estimate of drug-likeness (QED) is 0.636. The first kappa shape index (κ1) is 23.3. The number of carbonyl (C=O) groups is 2. The van der Waals surface area contributed by atoms with Gasteiger partial charge in [0.2, 0.25) is 0 Å². The first-order chi connectivity index (χ1) is 14.1. The van der Waals surface area contributed by atoms with Gasteiger partial charge in [0.05, 0.1) is 7.11 Å². The zero-order valence-electron chi connectivity index (χ0n) is 17.4. The first-order valence-electron chi connectivity index (χ1n) is 9.34. The highest BCUT2D eigenvalue weighted by atomic mass is 35.5. The molecule has 0 heterocycles. The molecule has 7 nitrogen and oxygen atoms in total. The van der Waals surface area contributed by atoms with E-state index in [0.717, 1.165) is 5.56 Å². The molecule has 2 aromatic rings. The van der Waals surface area contributed by atoms with E-state index < -0.39 is 23.7 Å². The Morgan fingerprint density at radius 3 is 2.27 bits per heavy atom. The molecule has 0 aliphatic rings. The highest BCUT2D eigenvalue weighted by molar-refractivity contribution is 6.30. The van der Waals surface area contributed by atoms with E-state index in [-0.39, 0.29) is 6.42 Å². The number of methoxy groups -OCH3 is 1. The van der Waals surface area contributed by atoms with Crippen LogP contribution in [0.5, 0.6) is 11.5 Å². The van der Waals surface area contributed by atoms with E-state index in [1.54, 1.807) is 51.1 Å². The summed E-state index contributed by atoms with van der Waals surface area (Å²) < 4.78 is 16.3. The van der Waals surface area contributed by atoms with Gasteiger partial charge >= 0.3 is 12.1 Å². The van der Waals surface area contributed by atoms with Crippen LogP contribution in [0.2, 0.25) is 5.02 Å². The molecule has 0 spiro atoms. The number of rotatable bonds is 8. The second-order valence-corrected chi connectivity index (χ2v) is 8.08. The van der Waals surface area contributed by atoms with Gasteiger partial charge in [-0.15, -0.1) is 0 Å². The van der Waals surface area contributed by atoms with Crippen molar-refractivity contribution in [1.29, 1.82) is 0 Å². The van der Waals surface area contributed by atoms with Crippen molar-refractivity contribution in [3.63, 3.8) is 0 Å². The van der Waals surface area contributed by atoms with Crippen LogP contribution in [0.4, 0.5) is 4.79 Å². The molecule has 0 aromatic heterocycles. The molecular weight excluding hydrogens is 410 g/mol. The summed E-state index contributed by atoms with van der Waals surface area (Å²) in [4.78, 5) is 23.5. The van der Waals surface area contributed by atoms with Crippen LogP contribution in [0.3, 0.4) is 0 Å². The molecule has 8 heteroatoms. The molecule has 2 aromatic carbocycles. The van der Waals surface area contributed by atoms with E-state index in [0.29, 0.717) is 28.7 Å². The van der Waals surface area contributed by atoms with Gasteiger partial charge in [-0.3, -0.25) is 0 Å². The van der Waals surface area contributed by atoms with Crippen molar-refractivity contribution in [1.82, 2.24) is 5.32 Å². The van der Waals surface area contributed by atoms with Crippen LogP contribution in [0.1, 0.15) is 31.9 Å². The minimum absolute atomic E-state index is 0.0579. The number of hydrogen-bond acceptors (Lipinski definition) is 5. The third kappa shape index (κ3) is 7.48. The van der Waals surface area contributed by atoms with Gasteiger partial charge in [0.15, 0.2) is 11.5 Å². The van der Waals surface area contributed by atoms with E-state index in [1.807, 2.05) is 12.1 Å². The summed E-state index contributed by atoms with van der Waals surface area (Å²) in [6, 6.07) is 11.3. The Hall–Kier alpha value is -2.93. The normalized spacial score (nSPS) is 12.0. The number of carboxylic acid groups (broad SMARTS) is 1. The van der Waals surface area contributed by atoms with Gasteiger partial charge < -0.3 is 24.6 Å². The van der Waals surface area contributed by atoms with E-state index in [2.05, 4.69) is 5.32 Å². The Balaban J connectivity index is 2.06. The van der Waals surface area contributed by atoms with Crippen LogP contribution in [0.15, 0.2) is 42.5 Å². The summed E-state index contributed by atoms with van der Waals surface area (Å²) in [6.07, 6.45) is -0.729. The fourth-order valence-corrected chi connectivity index (χ4v) is 2.71. The van der Waals surface area contributed by atoms with Crippen molar-refractivity contribution in [3.8, 4) is 11.5 Å². The van der Waals surface area contributed by atoms with Gasteiger partial charge in [-0.05, 0) is 56.2 Å². The maximum atomic E-state index is 11.9. The average Bonchev–Trinajstić information content (AvgIpc) is 2.66. The Kier molecular flexibility index (Phi) is 7.94. The summed E-state index contributed by atoms with van der Waals surface area (Å²) >= 11 is 5.88.